The third kappa shape index (κ3) is 4.38. The fraction of sp³-hybridized carbons (Fsp3) is 0.0800. The number of hydrogen-bond acceptors (Lipinski definition) is 4. The van der Waals surface area contributed by atoms with Gasteiger partial charge in [-0.15, -0.1) is 0 Å². The Hall–Kier alpha value is -4.19. The minimum atomic E-state index is -0.220. The van der Waals surface area contributed by atoms with Gasteiger partial charge >= 0.3 is 0 Å². The van der Waals surface area contributed by atoms with Gasteiger partial charge in [0.05, 0.1) is 12.8 Å². The lowest BCUT2D eigenvalue weighted by atomic mass is 10.1. The topological polar surface area (TPSA) is 71.0 Å². The fourth-order valence-electron chi connectivity index (χ4n) is 3.29. The quantitative estimate of drug-likeness (QED) is 0.629. The molecule has 2 amide bonds. The molecule has 6 heteroatoms. The second-order valence-electron chi connectivity index (χ2n) is 6.97. The SMILES string of the molecule is COc1ccc(/C=C2/N=C(c3ccccc3)N(c3ccc(NC(C)=O)cc3)C2=O)cc1. The Morgan fingerprint density at radius 3 is 2.26 bits per heavy atom. The number of anilines is 2. The van der Waals surface area contributed by atoms with E-state index in [2.05, 4.69) is 10.3 Å². The summed E-state index contributed by atoms with van der Waals surface area (Å²) >= 11 is 0. The Kier molecular flexibility index (Phi) is 5.62. The van der Waals surface area contributed by atoms with Gasteiger partial charge in [0, 0.05) is 18.2 Å². The number of rotatable bonds is 5. The molecule has 1 heterocycles. The molecule has 1 aliphatic heterocycles. The molecule has 3 aromatic rings. The van der Waals surface area contributed by atoms with Gasteiger partial charge < -0.3 is 10.1 Å². The van der Waals surface area contributed by atoms with E-state index < -0.39 is 0 Å². The molecule has 0 unspecified atom stereocenters. The Balaban J connectivity index is 1.73. The summed E-state index contributed by atoms with van der Waals surface area (Å²) in [5.74, 6) is 0.926. The highest BCUT2D eigenvalue weighted by atomic mass is 16.5. The third-order valence-electron chi connectivity index (χ3n) is 4.76. The van der Waals surface area contributed by atoms with Crippen LogP contribution in [0.5, 0.6) is 5.75 Å². The van der Waals surface area contributed by atoms with Gasteiger partial charge in [0.2, 0.25) is 5.91 Å². The van der Waals surface area contributed by atoms with Crippen LogP contribution < -0.4 is 15.0 Å². The van der Waals surface area contributed by atoms with Gasteiger partial charge in [0.15, 0.2) is 0 Å². The Morgan fingerprint density at radius 2 is 1.65 bits per heavy atom. The minimum Gasteiger partial charge on any atom is -0.497 e. The summed E-state index contributed by atoms with van der Waals surface area (Å²) in [6.45, 7) is 1.45. The molecule has 4 rings (SSSR count). The van der Waals surface area contributed by atoms with E-state index in [1.54, 1.807) is 42.4 Å². The van der Waals surface area contributed by atoms with Gasteiger partial charge in [-0.25, -0.2) is 4.99 Å². The van der Waals surface area contributed by atoms with Crippen molar-refractivity contribution >= 4 is 35.1 Å². The number of nitrogens with zero attached hydrogens (tertiary/aromatic N) is 2. The number of carbonyl (C=O) groups excluding carboxylic acids is 2. The third-order valence-corrected chi connectivity index (χ3v) is 4.76. The maximum Gasteiger partial charge on any atom is 0.282 e. The molecule has 0 radical (unpaired) electrons. The van der Waals surface area contributed by atoms with Gasteiger partial charge in [-0.1, -0.05) is 42.5 Å². The lowest BCUT2D eigenvalue weighted by Crippen LogP contribution is -2.32. The minimum absolute atomic E-state index is 0.152. The monoisotopic (exact) mass is 411 g/mol. The lowest BCUT2D eigenvalue weighted by Gasteiger charge is -2.19. The normalized spacial score (nSPS) is 14.5. The largest absolute Gasteiger partial charge is 0.497 e. The van der Waals surface area contributed by atoms with Crippen LogP contribution in [-0.4, -0.2) is 24.8 Å². The van der Waals surface area contributed by atoms with Crippen molar-refractivity contribution in [1.29, 1.82) is 0 Å². The number of benzene rings is 3. The Morgan fingerprint density at radius 1 is 0.968 bits per heavy atom. The number of nitrogens with one attached hydrogen (secondary N) is 1. The molecule has 3 aromatic carbocycles. The molecule has 0 saturated heterocycles. The average molecular weight is 411 g/mol. The first-order valence-corrected chi connectivity index (χ1v) is 9.77. The first-order chi connectivity index (χ1) is 15.0. The zero-order chi connectivity index (χ0) is 21.8. The van der Waals surface area contributed by atoms with Crippen molar-refractivity contribution in [3.05, 3.63) is 95.7 Å². The van der Waals surface area contributed by atoms with Gasteiger partial charge in [-0.2, -0.15) is 0 Å². The summed E-state index contributed by atoms with van der Waals surface area (Å²) in [6, 6.07) is 24.1. The molecular formula is C25H21N3O3. The van der Waals surface area contributed by atoms with Crippen LogP contribution in [0.25, 0.3) is 6.08 Å². The second-order valence-corrected chi connectivity index (χ2v) is 6.97. The predicted molar refractivity (Wildman–Crippen MR) is 122 cm³/mol. The highest BCUT2D eigenvalue weighted by Gasteiger charge is 2.32. The summed E-state index contributed by atoms with van der Waals surface area (Å²) in [7, 11) is 1.61. The summed E-state index contributed by atoms with van der Waals surface area (Å²) in [4.78, 5) is 30.9. The van der Waals surface area contributed by atoms with Crippen molar-refractivity contribution in [2.45, 2.75) is 6.92 Å². The van der Waals surface area contributed by atoms with Crippen LogP contribution in [0.2, 0.25) is 0 Å². The number of amidine groups is 1. The van der Waals surface area contributed by atoms with Gasteiger partial charge in [-0.3, -0.25) is 14.5 Å². The van der Waals surface area contributed by atoms with Crippen LogP contribution in [0, 0.1) is 0 Å². The van der Waals surface area contributed by atoms with Crippen LogP contribution in [0.4, 0.5) is 11.4 Å². The van der Waals surface area contributed by atoms with E-state index in [0.717, 1.165) is 16.9 Å². The summed E-state index contributed by atoms with van der Waals surface area (Å²) in [6.07, 6.45) is 1.76. The predicted octanol–water partition coefficient (Wildman–Crippen LogP) is 4.49. The molecule has 0 fully saturated rings. The van der Waals surface area contributed by atoms with Crippen molar-refractivity contribution in [1.82, 2.24) is 0 Å². The first-order valence-electron chi connectivity index (χ1n) is 9.77. The molecule has 6 nitrogen and oxygen atoms in total. The van der Waals surface area contributed by atoms with E-state index in [4.69, 9.17) is 4.74 Å². The number of amides is 2. The lowest BCUT2D eigenvalue weighted by molar-refractivity contribution is -0.114. The summed E-state index contributed by atoms with van der Waals surface area (Å²) in [5.41, 5.74) is 3.35. The molecule has 0 spiro atoms. The molecular weight excluding hydrogens is 390 g/mol. The van der Waals surface area contributed by atoms with E-state index in [-0.39, 0.29) is 11.8 Å². The zero-order valence-electron chi connectivity index (χ0n) is 17.2. The molecule has 0 saturated carbocycles. The van der Waals surface area contributed by atoms with Crippen molar-refractivity contribution in [2.24, 2.45) is 4.99 Å². The van der Waals surface area contributed by atoms with Crippen molar-refractivity contribution in [2.75, 3.05) is 17.3 Å². The van der Waals surface area contributed by atoms with E-state index in [0.29, 0.717) is 22.9 Å². The average Bonchev–Trinajstić information content (AvgIpc) is 3.11. The maximum atomic E-state index is 13.3. The van der Waals surface area contributed by atoms with Crippen molar-refractivity contribution < 1.29 is 14.3 Å². The van der Waals surface area contributed by atoms with Gasteiger partial charge in [0.25, 0.3) is 5.91 Å². The molecule has 0 bridgehead atoms. The number of methoxy groups -OCH3 is 1. The molecule has 31 heavy (non-hydrogen) atoms. The van der Waals surface area contributed by atoms with Crippen molar-refractivity contribution in [3.63, 3.8) is 0 Å². The van der Waals surface area contributed by atoms with E-state index in [9.17, 15) is 9.59 Å². The van der Waals surface area contributed by atoms with Gasteiger partial charge in [-0.05, 0) is 48.0 Å². The van der Waals surface area contributed by atoms with Crippen LogP contribution in [0.3, 0.4) is 0 Å². The molecule has 0 atom stereocenters. The zero-order valence-corrected chi connectivity index (χ0v) is 17.2. The number of aliphatic imine (C=N–C) groups is 1. The highest BCUT2D eigenvalue weighted by Crippen LogP contribution is 2.29. The van der Waals surface area contributed by atoms with Gasteiger partial charge in [0.1, 0.15) is 17.3 Å². The molecule has 1 N–H and O–H groups in total. The van der Waals surface area contributed by atoms with Crippen LogP contribution >= 0.6 is 0 Å². The number of carbonyl (C=O) groups is 2. The standard InChI is InChI=1S/C25H21N3O3/c1-17(29)26-20-10-12-21(13-11-20)28-24(19-6-4-3-5-7-19)27-23(25(28)30)16-18-8-14-22(31-2)15-9-18/h3-16H,1-2H3,(H,26,29)/b23-16+. The van der Waals surface area contributed by atoms with E-state index >= 15 is 0 Å². The van der Waals surface area contributed by atoms with Crippen LogP contribution in [-0.2, 0) is 9.59 Å². The molecule has 0 aromatic heterocycles. The number of hydrogen-bond donors (Lipinski definition) is 1. The Bertz CT molecular complexity index is 1160. The summed E-state index contributed by atoms with van der Waals surface area (Å²) < 4.78 is 5.19. The van der Waals surface area contributed by atoms with Crippen molar-refractivity contribution in [3.8, 4) is 5.75 Å². The smallest absolute Gasteiger partial charge is 0.282 e. The highest BCUT2D eigenvalue weighted by molar-refractivity contribution is 6.33. The van der Waals surface area contributed by atoms with E-state index in [1.165, 1.54) is 6.92 Å². The molecule has 0 aliphatic carbocycles. The maximum absolute atomic E-state index is 13.3. The summed E-state index contributed by atoms with van der Waals surface area (Å²) in [5, 5.41) is 2.73. The second kappa shape index (κ2) is 8.67. The van der Waals surface area contributed by atoms with Crippen LogP contribution in [0.15, 0.2) is 89.6 Å². The first kappa shape index (κ1) is 20.1. The number of ether oxygens (including phenoxy) is 1. The van der Waals surface area contributed by atoms with Crippen LogP contribution in [0.1, 0.15) is 18.1 Å². The molecule has 154 valence electrons. The van der Waals surface area contributed by atoms with E-state index in [1.807, 2.05) is 54.6 Å². The Labute approximate surface area is 180 Å². The molecule has 1 aliphatic rings. The fourth-order valence-corrected chi connectivity index (χ4v) is 3.29.